The highest BCUT2D eigenvalue weighted by molar-refractivity contribution is 4.94. The topological polar surface area (TPSA) is 35.2 Å². The lowest BCUT2D eigenvalue weighted by atomic mass is 9.78. The van der Waals surface area contributed by atoms with E-state index in [0.717, 1.165) is 19.1 Å². The first-order valence-corrected chi connectivity index (χ1v) is 7.48. The Morgan fingerprint density at radius 2 is 1.76 bits per heavy atom. The summed E-state index contributed by atoms with van der Waals surface area (Å²) in [7, 11) is 1.81. The van der Waals surface area contributed by atoms with Crippen LogP contribution < -0.4 is 5.73 Å². The maximum absolute atomic E-state index is 6.02. The number of rotatable bonds is 11. The summed E-state index contributed by atoms with van der Waals surface area (Å²) >= 11 is 0. The van der Waals surface area contributed by atoms with Crippen LogP contribution in [0.25, 0.3) is 0 Å². The summed E-state index contributed by atoms with van der Waals surface area (Å²) in [5.74, 6) is 0.850. The minimum atomic E-state index is 0.305. The van der Waals surface area contributed by atoms with E-state index in [2.05, 4.69) is 6.92 Å². The molecule has 1 aliphatic rings. The molecule has 0 heterocycles. The van der Waals surface area contributed by atoms with Crippen LogP contribution in [0.15, 0.2) is 0 Å². The lowest BCUT2D eigenvalue weighted by molar-refractivity contribution is 0.0585. The third-order valence-corrected chi connectivity index (χ3v) is 4.31. The molecule has 2 heteroatoms. The molecule has 0 bridgehead atoms. The van der Waals surface area contributed by atoms with Gasteiger partial charge in [-0.05, 0) is 25.2 Å². The highest BCUT2D eigenvalue weighted by Crippen LogP contribution is 2.48. The first-order chi connectivity index (χ1) is 8.29. The van der Waals surface area contributed by atoms with Crippen molar-refractivity contribution in [3.05, 3.63) is 0 Å². The Hall–Kier alpha value is -0.0800. The van der Waals surface area contributed by atoms with Crippen molar-refractivity contribution in [2.75, 3.05) is 20.3 Å². The fourth-order valence-corrected chi connectivity index (χ4v) is 2.96. The van der Waals surface area contributed by atoms with Crippen molar-refractivity contribution in [1.82, 2.24) is 0 Å². The van der Waals surface area contributed by atoms with E-state index in [9.17, 15) is 0 Å². The summed E-state index contributed by atoms with van der Waals surface area (Å²) in [5, 5.41) is 0. The summed E-state index contributed by atoms with van der Waals surface area (Å²) < 4.78 is 5.42. The van der Waals surface area contributed by atoms with Crippen molar-refractivity contribution in [3.63, 3.8) is 0 Å². The molecule has 1 saturated carbocycles. The van der Waals surface area contributed by atoms with Crippen LogP contribution in [0.1, 0.15) is 64.7 Å². The van der Waals surface area contributed by atoms with Gasteiger partial charge in [-0.2, -0.15) is 0 Å². The molecule has 0 aromatic carbocycles. The van der Waals surface area contributed by atoms with Crippen molar-refractivity contribution in [2.45, 2.75) is 64.7 Å². The van der Waals surface area contributed by atoms with Gasteiger partial charge in [-0.25, -0.2) is 0 Å². The average molecular weight is 241 g/mol. The summed E-state index contributed by atoms with van der Waals surface area (Å²) in [6.07, 6.45) is 12.2. The molecule has 0 aliphatic heterocycles. The zero-order chi connectivity index (χ0) is 12.6. The van der Waals surface area contributed by atoms with E-state index < -0.39 is 0 Å². The Morgan fingerprint density at radius 3 is 2.29 bits per heavy atom. The summed E-state index contributed by atoms with van der Waals surface area (Å²) in [4.78, 5) is 0. The summed E-state index contributed by atoms with van der Waals surface area (Å²) in [6.45, 7) is 3.94. The zero-order valence-electron chi connectivity index (χ0n) is 11.8. The molecule has 0 aromatic heterocycles. The van der Waals surface area contributed by atoms with Crippen molar-refractivity contribution < 1.29 is 4.74 Å². The molecular formula is C15H31NO. The van der Waals surface area contributed by atoms with Crippen LogP contribution in [-0.4, -0.2) is 20.3 Å². The van der Waals surface area contributed by atoms with Crippen molar-refractivity contribution in [3.8, 4) is 0 Å². The average Bonchev–Trinajstić information content (AvgIpc) is 3.16. The number of ether oxygens (including phenoxy) is 1. The largest absolute Gasteiger partial charge is 0.384 e. The second-order valence-corrected chi connectivity index (χ2v) is 5.79. The molecule has 0 aromatic rings. The monoisotopic (exact) mass is 241 g/mol. The van der Waals surface area contributed by atoms with E-state index in [4.69, 9.17) is 10.5 Å². The Morgan fingerprint density at radius 1 is 1.12 bits per heavy atom. The molecule has 0 amide bonds. The van der Waals surface area contributed by atoms with E-state index in [0.29, 0.717) is 5.41 Å². The SMILES string of the molecule is CCCCCCCCC(CN)(COC)C1CC1. The third kappa shape index (κ3) is 4.97. The van der Waals surface area contributed by atoms with Gasteiger partial charge in [0, 0.05) is 19.1 Å². The van der Waals surface area contributed by atoms with Gasteiger partial charge in [0.15, 0.2) is 0 Å². The Balaban J connectivity index is 2.19. The molecule has 1 unspecified atom stereocenters. The van der Waals surface area contributed by atoms with Gasteiger partial charge in [-0.3, -0.25) is 0 Å². The molecule has 1 fully saturated rings. The normalized spacial score (nSPS) is 19.2. The van der Waals surface area contributed by atoms with Crippen LogP contribution in [0.3, 0.4) is 0 Å². The van der Waals surface area contributed by atoms with Crippen molar-refractivity contribution >= 4 is 0 Å². The van der Waals surface area contributed by atoms with Crippen LogP contribution in [0.5, 0.6) is 0 Å². The van der Waals surface area contributed by atoms with Gasteiger partial charge < -0.3 is 10.5 Å². The van der Waals surface area contributed by atoms with Crippen molar-refractivity contribution in [2.24, 2.45) is 17.1 Å². The van der Waals surface area contributed by atoms with Gasteiger partial charge in [0.05, 0.1) is 6.61 Å². The Labute approximate surface area is 107 Å². The van der Waals surface area contributed by atoms with E-state index in [1.807, 2.05) is 7.11 Å². The lowest BCUT2D eigenvalue weighted by Gasteiger charge is -2.32. The number of hydrogen-bond acceptors (Lipinski definition) is 2. The highest BCUT2D eigenvalue weighted by atomic mass is 16.5. The lowest BCUT2D eigenvalue weighted by Crippen LogP contribution is -2.37. The first-order valence-electron chi connectivity index (χ1n) is 7.48. The molecule has 2 nitrogen and oxygen atoms in total. The van der Waals surface area contributed by atoms with Gasteiger partial charge in [0.25, 0.3) is 0 Å². The van der Waals surface area contributed by atoms with E-state index in [-0.39, 0.29) is 0 Å². The maximum Gasteiger partial charge on any atom is 0.0533 e. The molecule has 0 radical (unpaired) electrons. The first kappa shape index (κ1) is 15.0. The number of hydrogen-bond donors (Lipinski definition) is 1. The van der Waals surface area contributed by atoms with E-state index in [1.165, 1.54) is 57.8 Å². The summed E-state index contributed by atoms with van der Waals surface area (Å²) in [5.41, 5.74) is 6.32. The molecule has 1 atom stereocenters. The van der Waals surface area contributed by atoms with Crippen molar-refractivity contribution in [1.29, 1.82) is 0 Å². The molecule has 2 N–H and O–H groups in total. The quantitative estimate of drug-likeness (QED) is 0.559. The van der Waals surface area contributed by atoms with Gasteiger partial charge in [0.2, 0.25) is 0 Å². The van der Waals surface area contributed by atoms with Crippen LogP contribution in [0, 0.1) is 11.3 Å². The molecule has 1 aliphatic carbocycles. The second kappa shape index (κ2) is 8.10. The minimum absolute atomic E-state index is 0.305. The Kier molecular flexibility index (Phi) is 7.14. The molecule has 17 heavy (non-hydrogen) atoms. The number of nitrogens with two attached hydrogens (primary N) is 1. The predicted molar refractivity (Wildman–Crippen MR) is 74.1 cm³/mol. The maximum atomic E-state index is 6.02. The van der Waals surface area contributed by atoms with Crippen LogP contribution in [0.2, 0.25) is 0 Å². The van der Waals surface area contributed by atoms with E-state index in [1.54, 1.807) is 0 Å². The predicted octanol–water partition coefficient (Wildman–Crippen LogP) is 3.74. The smallest absolute Gasteiger partial charge is 0.0533 e. The van der Waals surface area contributed by atoms with Crippen LogP contribution in [0.4, 0.5) is 0 Å². The molecule has 0 saturated heterocycles. The fraction of sp³-hybridized carbons (Fsp3) is 1.00. The number of unbranched alkanes of at least 4 members (excludes halogenated alkanes) is 5. The fourth-order valence-electron chi connectivity index (χ4n) is 2.96. The standard InChI is InChI=1S/C15H31NO/c1-3-4-5-6-7-8-11-15(12-16,13-17-2)14-9-10-14/h14H,3-13,16H2,1-2H3. The molecular weight excluding hydrogens is 210 g/mol. The molecule has 0 spiro atoms. The van der Waals surface area contributed by atoms with Crippen LogP contribution >= 0.6 is 0 Å². The van der Waals surface area contributed by atoms with Gasteiger partial charge in [-0.1, -0.05) is 45.4 Å². The van der Waals surface area contributed by atoms with Gasteiger partial charge >= 0.3 is 0 Å². The van der Waals surface area contributed by atoms with Gasteiger partial charge in [0.1, 0.15) is 0 Å². The molecule has 102 valence electrons. The van der Waals surface area contributed by atoms with E-state index >= 15 is 0 Å². The van der Waals surface area contributed by atoms with Crippen LogP contribution in [-0.2, 0) is 4.74 Å². The third-order valence-electron chi connectivity index (χ3n) is 4.31. The summed E-state index contributed by atoms with van der Waals surface area (Å²) in [6, 6.07) is 0. The zero-order valence-corrected chi connectivity index (χ0v) is 11.8. The highest BCUT2D eigenvalue weighted by Gasteiger charge is 2.43. The molecule has 1 rings (SSSR count). The minimum Gasteiger partial charge on any atom is -0.384 e. The second-order valence-electron chi connectivity index (χ2n) is 5.79. The number of methoxy groups -OCH3 is 1. The van der Waals surface area contributed by atoms with Gasteiger partial charge in [-0.15, -0.1) is 0 Å². The Bertz CT molecular complexity index is 191.